The Labute approximate surface area is 102 Å². The van der Waals surface area contributed by atoms with E-state index in [2.05, 4.69) is 43.0 Å². The van der Waals surface area contributed by atoms with Gasteiger partial charge in [0.2, 0.25) is 0 Å². The Morgan fingerprint density at radius 1 is 1.62 bits per heavy atom. The van der Waals surface area contributed by atoms with Gasteiger partial charge in [0, 0.05) is 19.6 Å². The third-order valence-corrected chi connectivity index (χ3v) is 3.43. The molecule has 2 N–H and O–H groups in total. The number of nitrogens with one attached hydrogen (secondary N) is 2. The highest BCUT2D eigenvalue weighted by molar-refractivity contribution is 9.10. The van der Waals surface area contributed by atoms with E-state index in [-0.39, 0.29) is 5.56 Å². The van der Waals surface area contributed by atoms with Crippen LogP contribution in [-0.4, -0.2) is 35.6 Å². The quantitative estimate of drug-likeness (QED) is 0.856. The van der Waals surface area contributed by atoms with E-state index in [4.69, 9.17) is 0 Å². The lowest BCUT2D eigenvalue weighted by atomic mass is 10.1. The molecule has 0 unspecified atom stereocenters. The Bertz CT molecular complexity index is 416. The number of anilines is 1. The van der Waals surface area contributed by atoms with Crippen LogP contribution in [0.3, 0.4) is 0 Å². The monoisotopic (exact) mass is 286 g/mol. The van der Waals surface area contributed by atoms with Crippen molar-refractivity contribution in [1.29, 1.82) is 0 Å². The standard InChI is InChI=1S/C10H15BrN4O/c1-2-3-15(7-4-12-5-7)9-8(11)10(16)14-6-13-9/h6-7,12H,2-5H2,1H3,(H,13,14,16). The van der Waals surface area contributed by atoms with Crippen LogP contribution in [0.2, 0.25) is 0 Å². The SMILES string of the molecule is CCCN(c1nc[nH]c(=O)c1Br)C1CNC1. The molecular weight excluding hydrogens is 272 g/mol. The van der Waals surface area contributed by atoms with Crippen LogP contribution >= 0.6 is 15.9 Å². The smallest absolute Gasteiger partial charge is 0.267 e. The van der Waals surface area contributed by atoms with Crippen LogP contribution in [0.1, 0.15) is 13.3 Å². The van der Waals surface area contributed by atoms with Gasteiger partial charge < -0.3 is 15.2 Å². The highest BCUT2D eigenvalue weighted by Gasteiger charge is 2.26. The molecule has 0 aromatic carbocycles. The normalized spacial score (nSPS) is 15.9. The highest BCUT2D eigenvalue weighted by Crippen LogP contribution is 2.22. The summed E-state index contributed by atoms with van der Waals surface area (Å²) < 4.78 is 0.523. The molecule has 0 saturated carbocycles. The minimum Gasteiger partial charge on any atom is -0.350 e. The van der Waals surface area contributed by atoms with Crippen molar-refractivity contribution in [2.45, 2.75) is 19.4 Å². The molecule has 6 heteroatoms. The fourth-order valence-electron chi connectivity index (χ4n) is 1.77. The van der Waals surface area contributed by atoms with Gasteiger partial charge in [-0.1, -0.05) is 6.92 Å². The summed E-state index contributed by atoms with van der Waals surface area (Å²) in [5.74, 6) is 0.747. The number of H-pyrrole nitrogens is 1. The van der Waals surface area contributed by atoms with E-state index in [0.717, 1.165) is 31.9 Å². The van der Waals surface area contributed by atoms with E-state index >= 15 is 0 Å². The zero-order valence-corrected chi connectivity index (χ0v) is 10.7. The van der Waals surface area contributed by atoms with Gasteiger partial charge in [0.05, 0.1) is 12.4 Å². The van der Waals surface area contributed by atoms with Gasteiger partial charge in [0.1, 0.15) is 4.47 Å². The van der Waals surface area contributed by atoms with Gasteiger partial charge in [0.25, 0.3) is 5.56 Å². The molecule has 1 fully saturated rings. The van der Waals surface area contributed by atoms with E-state index < -0.39 is 0 Å². The van der Waals surface area contributed by atoms with Crippen LogP contribution in [0.4, 0.5) is 5.82 Å². The van der Waals surface area contributed by atoms with E-state index in [1.165, 1.54) is 6.33 Å². The van der Waals surface area contributed by atoms with Gasteiger partial charge in [-0.15, -0.1) is 0 Å². The Hall–Kier alpha value is -0.880. The molecule has 2 heterocycles. The van der Waals surface area contributed by atoms with Crippen LogP contribution in [0.25, 0.3) is 0 Å². The molecule has 1 aromatic rings. The Balaban J connectivity index is 2.30. The second kappa shape index (κ2) is 4.97. The lowest BCUT2D eigenvalue weighted by Gasteiger charge is -2.39. The predicted molar refractivity (Wildman–Crippen MR) is 66.9 cm³/mol. The summed E-state index contributed by atoms with van der Waals surface area (Å²) in [6.45, 7) is 4.96. The summed E-state index contributed by atoms with van der Waals surface area (Å²) >= 11 is 3.30. The minimum atomic E-state index is -0.126. The van der Waals surface area contributed by atoms with Crippen LogP contribution in [0, 0.1) is 0 Å². The molecule has 16 heavy (non-hydrogen) atoms. The number of halogens is 1. The van der Waals surface area contributed by atoms with Gasteiger partial charge in [-0.25, -0.2) is 4.98 Å². The summed E-state index contributed by atoms with van der Waals surface area (Å²) in [6, 6.07) is 0.450. The molecule has 1 aromatic heterocycles. The predicted octanol–water partition coefficient (Wildman–Crippen LogP) is 0.721. The zero-order chi connectivity index (χ0) is 11.5. The first-order valence-electron chi connectivity index (χ1n) is 5.44. The number of aromatic nitrogens is 2. The largest absolute Gasteiger partial charge is 0.350 e. The van der Waals surface area contributed by atoms with Gasteiger partial charge in [-0.2, -0.15) is 0 Å². The molecule has 0 amide bonds. The fraction of sp³-hybridized carbons (Fsp3) is 0.600. The molecule has 88 valence electrons. The molecule has 1 aliphatic heterocycles. The fourth-order valence-corrected chi connectivity index (χ4v) is 2.21. The average Bonchev–Trinajstić information content (AvgIpc) is 2.19. The lowest BCUT2D eigenvalue weighted by molar-refractivity contribution is 0.410. The molecule has 0 radical (unpaired) electrons. The number of hydrogen-bond acceptors (Lipinski definition) is 4. The summed E-state index contributed by atoms with van der Waals surface area (Å²) in [6.07, 6.45) is 2.49. The summed E-state index contributed by atoms with van der Waals surface area (Å²) in [5.41, 5.74) is -0.126. The average molecular weight is 287 g/mol. The topological polar surface area (TPSA) is 61.0 Å². The van der Waals surface area contributed by atoms with Gasteiger partial charge in [0.15, 0.2) is 5.82 Å². The Kier molecular flexibility index (Phi) is 3.60. The zero-order valence-electron chi connectivity index (χ0n) is 9.16. The van der Waals surface area contributed by atoms with Crippen molar-refractivity contribution in [3.05, 3.63) is 21.2 Å². The number of nitrogens with zero attached hydrogens (tertiary/aromatic N) is 2. The number of hydrogen-bond donors (Lipinski definition) is 2. The Morgan fingerprint density at radius 3 is 2.94 bits per heavy atom. The molecule has 5 nitrogen and oxygen atoms in total. The maximum atomic E-state index is 11.5. The van der Waals surface area contributed by atoms with Crippen LogP contribution in [0.5, 0.6) is 0 Å². The maximum Gasteiger partial charge on any atom is 0.267 e. The van der Waals surface area contributed by atoms with Gasteiger partial charge in [-0.05, 0) is 22.4 Å². The van der Waals surface area contributed by atoms with Crippen molar-refractivity contribution >= 4 is 21.7 Å². The van der Waals surface area contributed by atoms with E-state index in [9.17, 15) is 4.79 Å². The molecule has 1 aliphatic rings. The second-order valence-electron chi connectivity index (χ2n) is 3.87. The number of aromatic amines is 1. The summed E-state index contributed by atoms with van der Waals surface area (Å²) in [5, 5.41) is 3.23. The number of rotatable bonds is 4. The Morgan fingerprint density at radius 2 is 2.38 bits per heavy atom. The van der Waals surface area contributed by atoms with Crippen LogP contribution in [-0.2, 0) is 0 Å². The van der Waals surface area contributed by atoms with E-state index in [1.807, 2.05) is 0 Å². The molecule has 1 saturated heterocycles. The maximum absolute atomic E-state index is 11.5. The van der Waals surface area contributed by atoms with Crippen LogP contribution < -0.4 is 15.8 Å². The summed E-state index contributed by atoms with van der Waals surface area (Å²) in [7, 11) is 0. The molecule has 0 aliphatic carbocycles. The van der Waals surface area contributed by atoms with Gasteiger partial charge in [-0.3, -0.25) is 4.79 Å². The first kappa shape index (κ1) is 11.6. The van der Waals surface area contributed by atoms with Crippen molar-refractivity contribution < 1.29 is 0 Å². The van der Waals surface area contributed by atoms with Crippen molar-refractivity contribution in [3.63, 3.8) is 0 Å². The van der Waals surface area contributed by atoms with Crippen molar-refractivity contribution in [1.82, 2.24) is 15.3 Å². The van der Waals surface area contributed by atoms with Crippen molar-refractivity contribution in [2.75, 3.05) is 24.5 Å². The molecular formula is C10H15BrN4O. The lowest BCUT2D eigenvalue weighted by Crippen LogP contribution is -2.58. The molecule has 2 rings (SSSR count). The van der Waals surface area contributed by atoms with Crippen molar-refractivity contribution in [2.24, 2.45) is 0 Å². The second-order valence-corrected chi connectivity index (χ2v) is 4.67. The third kappa shape index (κ3) is 2.12. The molecule has 0 atom stereocenters. The van der Waals surface area contributed by atoms with E-state index in [0.29, 0.717) is 10.5 Å². The summed E-state index contributed by atoms with van der Waals surface area (Å²) in [4.78, 5) is 20.5. The van der Waals surface area contributed by atoms with Crippen molar-refractivity contribution in [3.8, 4) is 0 Å². The van der Waals surface area contributed by atoms with E-state index in [1.54, 1.807) is 0 Å². The van der Waals surface area contributed by atoms with Crippen LogP contribution in [0.15, 0.2) is 15.6 Å². The van der Waals surface area contributed by atoms with Gasteiger partial charge >= 0.3 is 0 Å². The molecule has 0 bridgehead atoms. The first-order valence-corrected chi connectivity index (χ1v) is 6.24. The molecule has 0 spiro atoms. The highest BCUT2D eigenvalue weighted by atomic mass is 79.9. The first-order chi connectivity index (χ1) is 7.74. The minimum absolute atomic E-state index is 0.126. The third-order valence-electron chi connectivity index (χ3n) is 2.72.